The number of nitriles is 2. The van der Waals surface area contributed by atoms with Crippen molar-refractivity contribution in [3.05, 3.63) is 247 Å². The number of alkyl halides is 3. The van der Waals surface area contributed by atoms with Crippen LogP contribution >= 0.6 is 0 Å². The molecule has 358 valence electrons. The lowest BCUT2D eigenvalue weighted by Gasteiger charge is -2.21. The van der Waals surface area contributed by atoms with E-state index in [2.05, 4.69) is 24.3 Å². The summed E-state index contributed by atoms with van der Waals surface area (Å²) in [7, 11) is 0. The Morgan fingerprint density at radius 2 is 0.789 bits per heavy atom. The van der Waals surface area contributed by atoms with Gasteiger partial charge in [0.2, 0.25) is 0 Å². The van der Waals surface area contributed by atoms with Crippen LogP contribution in [0.5, 0.6) is 0 Å². The molecular weight excluding hydrogens is 948 g/mol. The maximum atomic E-state index is 16.0. The van der Waals surface area contributed by atoms with E-state index in [-0.39, 0.29) is 11.4 Å². The number of rotatable bonds is 8. The number of hydrogen-bond donors (Lipinski definition) is 0. The van der Waals surface area contributed by atoms with Crippen molar-refractivity contribution in [2.45, 2.75) is 6.18 Å². The van der Waals surface area contributed by atoms with Gasteiger partial charge in [0.05, 0.1) is 56.6 Å². The quantitative estimate of drug-likeness (QED) is 0.151. The maximum absolute atomic E-state index is 16.0. The van der Waals surface area contributed by atoms with E-state index in [1.165, 1.54) is 6.07 Å². The second-order valence-electron chi connectivity index (χ2n) is 18.6. The summed E-state index contributed by atoms with van der Waals surface area (Å²) >= 11 is 0. The molecule has 13 aromatic rings. The number of nitrogens with zero attached hydrogens (tertiary/aromatic N) is 7. The number of para-hydroxylation sites is 2. The molecular formula is C66H38F3N7. The molecule has 0 unspecified atom stereocenters. The Labute approximate surface area is 433 Å². The summed E-state index contributed by atoms with van der Waals surface area (Å²) in [5.74, 6) is 1.12. The van der Waals surface area contributed by atoms with Gasteiger partial charge in [0.15, 0.2) is 17.5 Å². The number of fused-ring (bicyclic) bond motifs is 6. The molecule has 76 heavy (non-hydrogen) atoms. The summed E-state index contributed by atoms with van der Waals surface area (Å²) in [6.45, 7) is 0. The summed E-state index contributed by atoms with van der Waals surface area (Å²) in [6.07, 6.45) is -4.78. The summed E-state index contributed by atoms with van der Waals surface area (Å²) in [5.41, 5.74) is 10.2. The molecule has 0 amide bonds. The van der Waals surface area contributed by atoms with E-state index in [9.17, 15) is 10.5 Å². The Morgan fingerprint density at radius 1 is 0.342 bits per heavy atom. The fraction of sp³-hybridized carbons (Fsp3) is 0.0152. The number of benzene rings is 10. The van der Waals surface area contributed by atoms with Crippen LogP contribution in [0, 0.1) is 22.7 Å². The van der Waals surface area contributed by atoms with E-state index in [1.807, 2.05) is 191 Å². The minimum atomic E-state index is -4.78. The molecule has 7 nitrogen and oxygen atoms in total. The smallest absolute Gasteiger partial charge is 0.309 e. The Bertz CT molecular complexity index is 4480. The molecule has 0 saturated carbocycles. The highest BCUT2D eigenvalue weighted by molar-refractivity contribution is 6.12. The number of aromatic nitrogens is 5. The van der Waals surface area contributed by atoms with Gasteiger partial charge in [0.25, 0.3) is 0 Å². The summed E-state index contributed by atoms with van der Waals surface area (Å²) in [6, 6.07) is 76.2. The topological polar surface area (TPSA) is 96.1 Å². The molecule has 0 radical (unpaired) electrons. The predicted molar refractivity (Wildman–Crippen MR) is 296 cm³/mol. The van der Waals surface area contributed by atoms with Gasteiger partial charge in [-0.1, -0.05) is 133 Å². The van der Waals surface area contributed by atoms with Gasteiger partial charge in [0, 0.05) is 49.5 Å². The van der Waals surface area contributed by atoms with Crippen LogP contribution in [0.3, 0.4) is 0 Å². The third-order valence-electron chi connectivity index (χ3n) is 14.0. The lowest BCUT2D eigenvalue weighted by atomic mass is 9.94. The van der Waals surface area contributed by atoms with Crippen molar-refractivity contribution in [1.82, 2.24) is 24.1 Å². The first kappa shape index (κ1) is 45.4. The molecule has 0 bridgehead atoms. The molecule has 0 N–H and O–H groups in total. The molecule has 13 rings (SSSR count). The fourth-order valence-corrected chi connectivity index (χ4v) is 10.5. The Hall–Kier alpha value is -10.4. The monoisotopic (exact) mass is 985 g/mol. The maximum Gasteiger partial charge on any atom is 0.417 e. The van der Waals surface area contributed by atoms with E-state index < -0.39 is 11.7 Å². The molecule has 10 aromatic carbocycles. The van der Waals surface area contributed by atoms with Gasteiger partial charge in [-0.15, -0.1) is 0 Å². The molecule has 0 atom stereocenters. The molecule has 0 fully saturated rings. The van der Waals surface area contributed by atoms with E-state index in [0.29, 0.717) is 45.3 Å². The van der Waals surface area contributed by atoms with Crippen molar-refractivity contribution in [2.75, 3.05) is 0 Å². The lowest BCUT2D eigenvalue weighted by molar-refractivity contribution is -0.137. The van der Waals surface area contributed by atoms with Crippen LogP contribution in [0.25, 0.3) is 123 Å². The van der Waals surface area contributed by atoms with Crippen molar-refractivity contribution in [3.8, 4) is 91.1 Å². The van der Waals surface area contributed by atoms with Gasteiger partial charge in [-0.2, -0.15) is 23.7 Å². The minimum Gasteiger partial charge on any atom is -0.309 e. The molecule has 0 saturated heterocycles. The molecule has 3 heterocycles. The summed E-state index contributed by atoms with van der Waals surface area (Å²) in [4.78, 5) is 14.9. The van der Waals surface area contributed by atoms with Crippen molar-refractivity contribution >= 4 is 43.6 Å². The van der Waals surface area contributed by atoms with Crippen LogP contribution < -0.4 is 0 Å². The van der Waals surface area contributed by atoms with Gasteiger partial charge in [-0.05, 0) is 125 Å². The zero-order valence-corrected chi connectivity index (χ0v) is 40.2. The Balaban J connectivity index is 1.09. The number of hydrogen-bond acceptors (Lipinski definition) is 5. The van der Waals surface area contributed by atoms with Crippen LogP contribution in [0.4, 0.5) is 13.2 Å². The fourth-order valence-electron chi connectivity index (χ4n) is 10.5. The largest absolute Gasteiger partial charge is 0.417 e. The second-order valence-corrected chi connectivity index (χ2v) is 18.6. The molecule has 3 aromatic heterocycles. The predicted octanol–water partition coefficient (Wildman–Crippen LogP) is 16.8. The first-order chi connectivity index (χ1) is 37.2. The minimum absolute atomic E-state index is 0.0470. The number of halogens is 3. The van der Waals surface area contributed by atoms with Gasteiger partial charge in [-0.25, -0.2) is 15.0 Å². The van der Waals surface area contributed by atoms with Gasteiger partial charge < -0.3 is 9.13 Å². The van der Waals surface area contributed by atoms with Gasteiger partial charge >= 0.3 is 6.18 Å². The zero-order valence-electron chi connectivity index (χ0n) is 40.2. The van der Waals surface area contributed by atoms with Crippen LogP contribution in [0.1, 0.15) is 16.7 Å². The van der Waals surface area contributed by atoms with E-state index >= 15 is 13.2 Å². The molecule has 0 aliphatic carbocycles. The standard InChI is InChI=1S/C66H38F3N7/c67-66(68,69)57-29-28-50(75-58-23-9-7-21-51(58)54-35-47(25-30-60(54)75)45-19-11-13-41(33-45)39-70)38-53(57)56-37-49(65-73-63(43-15-3-1-4-16-43)72-64(74-65)44-17-5-2-6-18-44)27-32-62(56)76-59-24-10-8-22-52(59)55-36-48(26-31-61(55)76)46-20-12-14-42(34-46)40-71/h1-38H. The Kier molecular flexibility index (Phi) is 10.9. The highest BCUT2D eigenvalue weighted by atomic mass is 19.4. The average molecular weight is 986 g/mol. The molecule has 0 aliphatic heterocycles. The SMILES string of the molecule is N#Cc1cccc(-c2ccc3c(c2)c2ccccc2n3-c2ccc(C(F)(F)F)c(-c3cc(-c4nc(-c5ccccc5)nc(-c5ccccc5)n4)ccc3-n3c4ccccc4c4cc(-c5cccc(C#N)c5)ccc43)c2)c1. The molecule has 0 spiro atoms. The van der Waals surface area contributed by atoms with Crippen LogP contribution in [0.15, 0.2) is 231 Å². The summed E-state index contributed by atoms with van der Waals surface area (Å²) < 4.78 is 52.1. The van der Waals surface area contributed by atoms with E-state index in [0.717, 1.165) is 77.0 Å². The van der Waals surface area contributed by atoms with Crippen molar-refractivity contribution in [1.29, 1.82) is 10.5 Å². The zero-order chi connectivity index (χ0) is 51.5. The highest BCUT2D eigenvalue weighted by Crippen LogP contribution is 2.46. The van der Waals surface area contributed by atoms with Gasteiger partial charge in [-0.3, -0.25) is 0 Å². The van der Waals surface area contributed by atoms with Crippen LogP contribution in [0.2, 0.25) is 0 Å². The first-order valence-electron chi connectivity index (χ1n) is 24.5. The highest BCUT2D eigenvalue weighted by Gasteiger charge is 2.35. The van der Waals surface area contributed by atoms with Crippen molar-refractivity contribution in [3.63, 3.8) is 0 Å². The van der Waals surface area contributed by atoms with Crippen molar-refractivity contribution in [2.24, 2.45) is 0 Å². The van der Waals surface area contributed by atoms with Crippen LogP contribution in [-0.4, -0.2) is 24.1 Å². The van der Waals surface area contributed by atoms with Crippen LogP contribution in [-0.2, 0) is 6.18 Å². The summed E-state index contributed by atoms with van der Waals surface area (Å²) in [5, 5.41) is 23.1. The molecule has 10 heteroatoms. The normalized spacial score (nSPS) is 11.6. The van der Waals surface area contributed by atoms with E-state index in [1.54, 1.807) is 30.3 Å². The molecule has 0 aliphatic rings. The first-order valence-corrected chi connectivity index (χ1v) is 24.5. The Morgan fingerprint density at radius 3 is 1.33 bits per heavy atom. The van der Waals surface area contributed by atoms with E-state index in [4.69, 9.17) is 15.0 Å². The average Bonchev–Trinajstić information content (AvgIpc) is 4.01. The van der Waals surface area contributed by atoms with Gasteiger partial charge in [0.1, 0.15) is 0 Å². The lowest BCUT2D eigenvalue weighted by Crippen LogP contribution is -2.10. The third kappa shape index (κ3) is 7.90. The third-order valence-corrected chi connectivity index (χ3v) is 14.0. The second kappa shape index (κ2) is 18.3. The van der Waals surface area contributed by atoms with Crippen molar-refractivity contribution < 1.29 is 13.2 Å².